The minimum Gasteiger partial charge on any atom is -0.550 e. The van der Waals surface area contributed by atoms with Gasteiger partial charge in [-0.25, -0.2) is 17.5 Å². The molecule has 0 aliphatic heterocycles. The molecule has 2 aromatic carbocycles. The number of sulfonamides is 1. The Bertz CT molecular complexity index is 889. The number of halogens is 1. The largest absolute Gasteiger partial charge is 0.550 e. The molecule has 1 N–H and O–H groups in total. The van der Waals surface area contributed by atoms with Gasteiger partial charge in [-0.3, -0.25) is 0 Å². The Hall–Kier alpha value is -2.29. The topological polar surface area (TPSA) is 86.3 Å². The molecule has 0 bridgehead atoms. The van der Waals surface area contributed by atoms with E-state index in [0.717, 1.165) is 11.1 Å². The number of hydrogen-bond donors (Lipinski definition) is 1. The third-order valence-corrected chi connectivity index (χ3v) is 5.38. The standard InChI is InChI=1S/C19H23FN2O4S/c1-22(2,3)13-17(12-19(23)24)21-27(25,26)18-10-6-15(7-11-18)14-4-8-16(20)9-5-14/h4-11,17,21H,12-13H2,1-3H3/t17-/m1/s1. The van der Waals surface area contributed by atoms with Crippen LogP contribution in [0.5, 0.6) is 0 Å². The van der Waals surface area contributed by atoms with Crippen molar-refractivity contribution in [3.63, 3.8) is 0 Å². The molecule has 2 rings (SSSR count). The van der Waals surface area contributed by atoms with Crippen LogP contribution in [0.15, 0.2) is 53.4 Å². The lowest BCUT2D eigenvalue weighted by Gasteiger charge is -2.29. The van der Waals surface area contributed by atoms with Crippen LogP contribution >= 0.6 is 0 Å². The van der Waals surface area contributed by atoms with Gasteiger partial charge in [0.1, 0.15) is 5.82 Å². The molecule has 0 saturated heterocycles. The van der Waals surface area contributed by atoms with Gasteiger partial charge in [0, 0.05) is 12.4 Å². The fraction of sp³-hybridized carbons (Fsp3) is 0.316. The van der Waals surface area contributed by atoms with Crippen LogP contribution in [0.2, 0.25) is 0 Å². The van der Waals surface area contributed by atoms with E-state index in [4.69, 9.17) is 0 Å². The summed E-state index contributed by atoms with van der Waals surface area (Å²) >= 11 is 0. The molecule has 0 spiro atoms. The number of benzene rings is 2. The van der Waals surface area contributed by atoms with Crippen LogP contribution in [-0.2, 0) is 14.8 Å². The summed E-state index contributed by atoms with van der Waals surface area (Å²) < 4.78 is 41.1. The van der Waals surface area contributed by atoms with Crippen molar-refractivity contribution in [2.75, 3.05) is 27.7 Å². The van der Waals surface area contributed by atoms with Gasteiger partial charge in [-0.15, -0.1) is 0 Å². The van der Waals surface area contributed by atoms with Crippen LogP contribution in [0, 0.1) is 5.82 Å². The van der Waals surface area contributed by atoms with E-state index in [2.05, 4.69) is 4.72 Å². The molecule has 0 radical (unpaired) electrons. The molecular weight excluding hydrogens is 371 g/mol. The first-order valence-corrected chi connectivity index (χ1v) is 9.83. The van der Waals surface area contributed by atoms with E-state index in [-0.39, 0.29) is 10.7 Å². The lowest BCUT2D eigenvalue weighted by molar-refractivity contribution is -0.871. The monoisotopic (exact) mass is 394 g/mol. The fourth-order valence-electron chi connectivity index (χ4n) is 2.76. The fourth-order valence-corrected chi connectivity index (χ4v) is 3.99. The van der Waals surface area contributed by atoms with Gasteiger partial charge in [-0.05, 0) is 35.4 Å². The van der Waals surface area contributed by atoms with Gasteiger partial charge in [0.15, 0.2) is 0 Å². The maximum absolute atomic E-state index is 13.0. The third kappa shape index (κ3) is 6.42. The molecule has 146 valence electrons. The molecule has 0 aromatic heterocycles. The van der Waals surface area contributed by atoms with E-state index in [0.29, 0.717) is 11.0 Å². The van der Waals surface area contributed by atoms with Crippen molar-refractivity contribution in [1.29, 1.82) is 0 Å². The molecule has 0 heterocycles. The predicted molar refractivity (Wildman–Crippen MR) is 98.5 cm³/mol. The summed E-state index contributed by atoms with van der Waals surface area (Å²) in [5, 5.41) is 11.0. The van der Waals surface area contributed by atoms with Crippen molar-refractivity contribution in [3.05, 3.63) is 54.3 Å². The first kappa shape index (κ1) is 21.0. The first-order valence-electron chi connectivity index (χ1n) is 8.35. The molecule has 0 unspecified atom stereocenters. The summed E-state index contributed by atoms with van der Waals surface area (Å²) in [4.78, 5) is 11.0. The highest BCUT2D eigenvalue weighted by Gasteiger charge is 2.25. The van der Waals surface area contributed by atoms with Crippen LogP contribution < -0.4 is 9.83 Å². The molecule has 0 amide bonds. The minimum atomic E-state index is -3.89. The quantitative estimate of drug-likeness (QED) is 0.677. The number of carboxylic acid groups (broad SMARTS) is 1. The number of rotatable bonds is 8. The highest BCUT2D eigenvalue weighted by atomic mass is 32.2. The minimum absolute atomic E-state index is 0.0260. The summed E-state index contributed by atoms with van der Waals surface area (Å²) in [6.07, 6.45) is -0.414. The van der Waals surface area contributed by atoms with Crippen LogP contribution in [0.1, 0.15) is 6.42 Å². The van der Waals surface area contributed by atoms with Crippen molar-refractivity contribution in [2.24, 2.45) is 0 Å². The van der Waals surface area contributed by atoms with Crippen molar-refractivity contribution in [1.82, 2.24) is 4.72 Å². The van der Waals surface area contributed by atoms with Crippen LogP contribution in [0.3, 0.4) is 0 Å². The molecule has 0 aliphatic rings. The maximum Gasteiger partial charge on any atom is 0.241 e. The molecule has 6 nitrogen and oxygen atoms in total. The van der Waals surface area contributed by atoms with Gasteiger partial charge in [0.25, 0.3) is 0 Å². The van der Waals surface area contributed by atoms with E-state index in [9.17, 15) is 22.7 Å². The lowest BCUT2D eigenvalue weighted by Crippen LogP contribution is -2.50. The molecule has 1 atom stereocenters. The Balaban J connectivity index is 2.21. The van der Waals surface area contributed by atoms with Gasteiger partial charge in [0.2, 0.25) is 10.0 Å². The van der Waals surface area contributed by atoms with E-state index in [1.807, 2.05) is 21.1 Å². The highest BCUT2D eigenvalue weighted by Crippen LogP contribution is 2.22. The maximum atomic E-state index is 13.0. The van der Waals surface area contributed by atoms with E-state index in [1.165, 1.54) is 24.3 Å². The number of likely N-dealkylation sites (N-methyl/N-ethyl adjacent to an activating group) is 1. The molecule has 0 fully saturated rings. The number of carbonyl (C=O) groups excluding carboxylic acids is 1. The number of hydrogen-bond acceptors (Lipinski definition) is 4. The zero-order valence-electron chi connectivity index (χ0n) is 15.5. The zero-order valence-corrected chi connectivity index (χ0v) is 16.3. The summed E-state index contributed by atoms with van der Waals surface area (Å²) in [5.74, 6) is -1.67. The Morgan fingerprint density at radius 3 is 1.96 bits per heavy atom. The van der Waals surface area contributed by atoms with Crippen molar-refractivity contribution < 1.29 is 27.2 Å². The summed E-state index contributed by atoms with van der Waals surface area (Å²) in [5.41, 5.74) is 1.50. The van der Waals surface area contributed by atoms with Crippen molar-refractivity contribution in [2.45, 2.75) is 17.4 Å². The molecule has 27 heavy (non-hydrogen) atoms. The molecule has 0 aliphatic carbocycles. The van der Waals surface area contributed by atoms with E-state index < -0.39 is 28.5 Å². The molecule has 0 saturated carbocycles. The average molecular weight is 394 g/mol. The number of carboxylic acids is 1. The average Bonchev–Trinajstić information content (AvgIpc) is 2.53. The predicted octanol–water partition coefficient (Wildman–Crippen LogP) is 0.986. The number of nitrogens with zero attached hydrogens (tertiary/aromatic N) is 1. The lowest BCUT2D eigenvalue weighted by atomic mass is 10.1. The van der Waals surface area contributed by atoms with Crippen molar-refractivity contribution >= 4 is 16.0 Å². The second-order valence-corrected chi connectivity index (χ2v) is 9.11. The number of quaternary nitrogens is 1. The highest BCUT2D eigenvalue weighted by molar-refractivity contribution is 7.89. The molecular formula is C19H23FN2O4S. The SMILES string of the molecule is C[N+](C)(C)C[C@@H](CC(=O)[O-])NS(=O)(=O)c1ccc(-c2ccc(F)cc2)cc1. The van der Waals surface area contributed by atoms with Crippen molar-refractivity contribution in [3.8, 4) is 11.1 Å². The Kier molecular flexibility index (Phi) is 6.35. The summed E-state index contributed by atoms with van der Waals surface area (Å²) in [6.45, 7) is 0.293. The molecule has 2 aromatic rings. The number of carbonyl (C=O) groups is 1. The smallest absolute Gasteiger partial charge is 0.241 e. The number of nitrogens with one attached hydrogen (secondary N) is 1. The van der Waals surface area contributed by atoms with Gasteiger partial charge in [-0.2, -0.15) is 0 Å². The normalized spacial score (nSPS) is 13.3. The molecule has 8 heteroatoms. The summed E-state index contributed by atoms with van der Waals surface area (Å²) in [6, 6.07) is 11.2. The Morgan fingerprint density at radius 1 is 1.04 bits per heavy atom. The van der Waals surface area contributed by atoms with E-state index >= 15 is 0 Å². The second kappa shape index (κ2) is 8.16. The number of aliphatic carboxylic acids is 1. The van der Waals surface area contributed by atoms with Gasteiger partial charge in [0.05, 0.1) is 38.6 Å². The Morgan fingerprint density at radius 2 is 1.52 bits per heavy atom. The van der Waals surface area contributed by atoms with Crippen LogP contribution in [0.25, 0.3) is 11.1 Å². The Labute approximate surface area is 158 Å². The van der Waals surface area contributed by atoms with E-state index in [1.54, 1.807) is 24.3 Å². The third-order valence-electron chi connectivity index (χ3n) is 3.85. The second-order valence-electron chi connectivity index (χ2n) is 7.40. The van der Waals surface area contributed by atoms with Gasteiger partial charge in [-0.1, -0.05) is 24.3 Å². The summed E-state index contributed by atoms with van der Waals surface area (Å²) in [7, 11) is 1.63. The van der Waals surface area contributed by atoms with Crippen LogP contribution in [-0.4, -0.2) is 52.6 Å². The van der Waals surface area contributed by atoms with Crippen LogP contribution in [0.4, 0.5) is 4.39 Å². The zero-order chi connectivity index (χ0) is 20.2. The first-order chi connectivity index (χ1) is 12.5. The van der Waals surface area contributed by atoms with Gasteiger partial charge < -0.3 is 14.4 Å². The van der Waals surface area contributed by atoms with Gasteiger partial charge >= 0.3 is 0 Å².